The van der Waals surface area contributed by atoms with Gasteiger partial charge in [-0.05, 0) is 47.9 Å². The Morgan fingerprint density at radius 2 is 1.78 bits per heavy atom. The van der Waals surface area contributed by atoms with Gasteiger partial charge >= 0.3 is 0 Å². The zero-order valence-electron chi connectivity index (χ0n) is 20.5. The molecule has 5 rings (SSSR count). The highest BCUT2D eigenvalue weighted by atomic mass is 16.6. The van der Waals surface area contributed by atoms with E-state index >= 15 is 0 Å². The highest BCUT2D eigenvalue weighted by Crippen LogP contribution is 2.45. The SMILES string of the molecule is COc1ccc(/C(O)=C2/C(=O)C(=O)N(c3ccc4c(c3)OCCO4)C2c2ccco2)cc1C(C)(C)C. The summed E-state index contributed by atoms with van der Waals surface area (Å²) in [5.74, 6) is 0.167. The lowest BCUT2D eigenvalue weighted by Gasteiger charge is -2.26. The van der Waals surface area contributed by atoms with E-state index in [0.29, 0.717) is 47.5 Å². The molecule has 0 spiro atoms. The van der Waals surface area contributed by atoms with Crippen molar-refractivity contribution in [3.05, 3.63) is 77.3 Å². The van der Waals surface area contributed by atoms with Crippen molar-refractivity contribution >= 4 is 23.1 Å². The van der Waals surface area contributed by atoms with Crippen molar-refractivity contribution in [1.82, 2.24) is 0 Å². The quantitative estimate of drug-likeness (QED) is 0.313. The van der Waals surface area contributed by atoms with Gasteiger partial charge in [-0.1, -0.05) is 20.8 Å². The minimum atomic E-state index is -0.970. The summed E-state index contributed by atoms with van der Waals surface area (Å²) in [6.45, 7) is 6.89. The molecule has 1 unspecified atom stereocenters. The smallest absolute Gasteiger partial charge is 0.300 e. The minimum Gasteiger partial charge on any atom is -0.507 e. The topological polar surface area (TPSA) is 98.4 Å². The molecule has 1 aromatic heterocycles. The number of amides is 1. The van der Waals surface area contributed by atoms with Gasteiger partial charge in [0.1, 0.15) is 36.5 Å². The molecule has 0 saturated carbocycles. The van der Waals surface area contributed by atoms with Crippen LogP contribution in [0.1, 0.15) is 43.7 Å². The zero-order chi connectivity index (χ0) is 25.6. The van der Waals surface area contributed by atoms with Gasteiger partial charge in [0, 0.05) is 22.9 Å². The Bertz CT molecular complexity index is 1370. The number of anilines is 1. The lowest BCUT2D eigenvalue weighted by molar-refractivity contribution is -0.132. The van der Waals surface area contributed by atoms with E-state index in [1.165, 1.54) is 11.2 Å². The van der Waals surface area contributed by atoms with Crippen LogP contribution in [0.25, 0.3) is 5.76 Å². The Kier molecular flexibility index (Phi) is 5.74. The number of methoxy groups -OCH3 is 1. The maximum Gasteiger partial charge on any atom is 0.300 e. The van der Waals surface area contributed by atoms with Crippen LogP contribution in [0, 0.1) is 0 Å². The molecule has 36 heavy (non-hydrogen) atoms. The van der Waals surface area contributed by atoms with E-state index in [4.69, 9.17) is 18.6 Å². The second-order valence-corrected chi connectivity index (χ2v) is 9.68. The molecule has 1 saturated heterocycles. The predicted molar refractivity (Wildman–Crippen MR) is 133 cm³/mol. The van der Waals surface area contributed by atoms with E-state index in [0.717, 1.165) is 5.56 Å². The summed E-state index contributed by atoms with van der Waals surface area (Å²) in [6, 6.07) is 12.6. The van der Waals surface area contributed by atoms with E-state index in [-0.39, 0.29) is 16.7 Å². The minimum absolute atomic E-state index is 0.0603. The summed E-state index contributed by atoms with van der Waals surface area (Å²) in [6.07, 6.45) is 1.46. The van der Waals surface area contributed by atoms with Crippen molar-refractivity contribution in [2.75, 3.05) is 25.2 Å². The average molecular weight is 490 g/mol. The van der Waals surface area contributed by atoms with Crippen LogP contribution >= 0.6 is 0 Å². The molecule has 0 aliphatic carbocycles. The maximum atomic E-state index is 13.4. The molecule has 0 bridgehead atoms. The number of hydrogen-bond acceptors (Lipinski definition) is 7. The van der Waals surface area contributed by atoms with Crippen LogP contribution in [-0.2, 0) is 15.0 Å². The molecule has 3 aromatic rings. The van der Waals surface area contributed by atoms with Crippen molar-refractivity contribution < 1.29 is 33.3 Å². The largest absolute Gasteiger partial charge is 0.507 e. The molecule has 2 aliphatic rings. The fourth-order valence-corrected chi connectivity index (χ4v) is 4.59. The third-order valence-corrected chi connectivity index (χ3v) is 6.34. The summed E-state index contributed by atoms with van der Waals surface area (Å²) >= 11 is 0. The highest BCUT2D eigenvalue weighted by Gasteiger charge is 2.48. The number of rotatable bonds is 4. The number of hydrogen-bond donors (Lipinski definition) is 1. The first-order chi connectivity index (χ1) is 17.2. The molecule has 2 aromatic carbocycles. The molecule has 186 valence electrons. The number of benzene rings is 2. The van der Waals surface area contributed by atoms with Gasteiger partial charge in [0.25, 0.3) is 11.7 Å². The van der Waals surface area contributed by atoms with Crippen molar-refractivity contribution in [2.24, 2.45) is 0 Å². The summed E-state index contributed by atoms with van der Waals surface area (Å²) in [4.78, 5) is 28.0. The molecule has 8 nitrogen and oxygen atoms in total. The number of aliphatic hydroxyl groups excluding tert-OH is 1. The number of carbonyl (C=O) groups is 2. The number of nitrogens with zero attached hydrogens (tertiary/aromatic N) is 1. The fraction of sp³-hybridized carbons (Fsp3) is 0.286. The zero-order valence-corrected chi connectivity index (χ0v) is 20.5. The van der Waals surface area contributed by atoms with Crippen LogP contribution in [0.15, 0.2) is 64.8 Å². The van der Waals surface area contributed by atoms with E-state index in [1.807, 2.05) is 20.8 Å². The predicted octanol–water partition coefficient (Wildman–Crippen LogP) is 4.98. The van der Waals surface area contributed by atoms with Crippen LogP contribution in [-0.4, -0.2) is 37.1 Å². The normalized spacial score (nSPS) is 19.0. The first kappa shape index (κ1) is 23.5. The van der Waals surface area contributed by atoms with Crippen LogP contribution in [0.2, 0.25) is 0 Å². The van der Waals surface area contributed by atoms with Crippen molar-refractivity contribution in [3.8, 4) is 17.2 Å². The van der Waals surface area contributed by atoms with Crippen molar-refractivity contribution in [1.29, 1.82) is 0 Å². The molecule has 8 heteroatoms. The third kappa shape index (κ3) is 3.88. The van der Waals surface area contributed by atoms with E-state index in [9.17, 15) is 14.7 Å². The van der Waals surface area contributed by atoms with Crippen LogP contribution < -0.4 is 19.1 Å². The molecule has 1 fully saturated rings. The van der Waals surface area contributed by atoms with Crippen LogP contribution in [0.4, 0.5) is 5.69 Å². The van der Waals surface area contributed by atoms with Gasteiger partial charge in [-0.25, -0.2) is 0 Å². The van der Waals surface area contributed by atoms with Gasteiger partial charge < -0.3 is 23.7 Å². The van der Waals surface area contributed by atoms with Gasteiger partial charge in [0.15, 0.2) is 11.5 Å². The standard InChI is InChI=1S/C28H27NO7/c1-28(2,3)18-14-16(7-9-19(18)33-4)25(30)23-24(21-6-5-11-34-21)29(27(32)26(23)31)17-8-10-20-22(15-17)36-13-12-35-20/h5-11,14-15,24,30H,12-13H2,1-4H3/b25-23-. The molecule has 2 aliphatic heterocycles. The Hall–Kier alpha value is -4.20. The maximum absolute atomic E-state index is 13.4. The Morgan fingerprint density at radius 1 is 1.03 bits per heavy atom. The second-order valence-electron chi connectivity index (χ2n) is 9.68. The number of aliphatic hydroxyl groups is 1. The lowest BCUT2D eigenvalue weighted by atomic mass is 9.84. The van der Waals surface area contributed by atoms with Gasteiger partial charge in [0.05, 0.1) is 18.9 Å². The molecular weight excluding hydrogens is 462 g/mol. The van der Waals surface area contributed by atoms with Gasteiger partial charge in [-0.3, -0.25) is 14.5 Å². The van der Waals surface area contributed by atoms with Crippen molar-refractivity contribution in [3.63, 3.8) is 0 Å². The highest BCUT2D eigenvalue weighted by molar-refractivity contribution is 6.51. The molecule has 1 N–H and O–H groups in total. The molecular formula is C28H27NO7. The average Bonchev–Trinajstić information content (AvgIpc) is 3.49. The Morgan fingerprint density at radius 3 is 2.44 bits per heavy atom. The Balaban J connectivity index is 1.67. The summed E-state index contributed by atoms with van der Waals surface area (Å²) in [7, 11) is 1.58. The van der Waals surface area contributed by atoms with E-state index in [2.05, 4.69) is 0 Å². The number of carbonyl (C=O) groups excluding carboxylic acids is 2. The number of ketones is 1. The van der Waals surface area contributed by atoms with Crippen LogP contribution in [0.3, 0.4) is 0 Å². The fourth-order valence-electron chi connectivity index (χ4n) is 4.59. The first-order valence-electron chi connectivity index (χ1n) is 11.6. The molecule has 0 radical (unpaired) electrons. The van der Waals surface area contributed by atoms with Crippen molar-refractivity contribution in [2.45, 2.75) is 32.2 Å². The lowest BCUT2D eigenvalue weighted by Crippen LogP contribution is -2.29. The second kappa shape index (κ2) is 8.78. The number of ether oxygens (including phenoxy) is 3. The first-order valence-corrected chi connectivity index (χ1v) is 11.6. The molecule has 1 amide bonds. The monoisotopic (exact) mass is 489 g/mol. The van der Waals surface area contributed by atoms with Gasteiger partial charge in [-0.2, -0.15) is 0 Å². The van der Waals surface area contributed by atoms with Gasteiger partial charge in [-0.15, -0.1) is 0 Å². The molecule has 3 heterocycles. The van der Waals surface area contributed by atoms with Gasteiger partial charge in [0.2, 0.25) is 0 Å². The number of fused-ring (bicyclic) bond motifs is 1. The third-order valence-electron chi connectivity index (χ3n) is 6.34. The summed E-state index contributed by atoms with van der Waals surface area (Å²) in [5, 5.41) is 11.4. The molecule has 1 atom stereocenters. The van der Waals surface area contributed by atoms with E-state index in [1.54, 1.807) is 55.6 Å². The van der Waals surface area contributed by atoms with E-state index < -0.39 is 17.7 Å². The number of Topliss-reactive ketones (excluding diaryl/α,β-unsaturated/α-hetero) is 1. The summed E-state index contributed by atoms with van der Waals surface area (Å²) in [5.41, 5.74) is 1.32. The van der Waals surface area contributed by atoms with Crippen LogP contribution in [0.5, 0.6) is 17.2 Å². The summed E-state index contributed by atoms with van der Waals surface area (Å²) < 4.78 is 22.4. The number of furan rings is 1. The Labute approximate surface area is 208 Å².